The van der Waals surface area contributed by atoms with E-state index in [-0.39, 0.29) is 22.9 Å². The van der Waals surface area contributed by atoms with E-state index in [1.807, 2.05) is 36.1 Å². The zero-order valence-corrected chi connectivity index (χ0v) is 16.9. The van der Waals surface area contributed by atoms with Crippen LogP contribution in [0.3, 0.4) is 0 Å². The molecule has 8 heteroatoms. The number of hydrogen-bond acceptors (Lipinski definition) is 5. The van der Waals surface area contributed by atoms with E-state index >= 15 is 0 Å². The van der Waals surface area contributed by atoms with Gasteiger partial charge in [0.05, 0.1) is 12.8 Å². The number of amidine groups is 1. The molecule has 28 heavy (non-hydrogen) atoms. The van der Waals surface area contributed by atoms with Crippen LogP contribution >= 0.6 is 0 Å². The lowest BCUT2D eigenvalue weighted by Crippen LogP contribution is -2.34. The molecule has 0 bridgehead atoms. The van der Waals surface area contributed by atoms with Crippen molar-refractivity contribution in [1.82, 2.24) is 5.32 Å². The predicted molar refractivity (Wildman–Crippen MR) is 109 cm³/mol. The first-order valence-corrected chi connectivity index (χ1v) is 10.4. The van der Waals surface area contributed by atoms with Crippen LogP contribution in [0.15, 0.2) is 51.8 Å². The fraction of sp³-hybridized carbons (Fsp3) is 0.300. The molecule has 0 unspecified atom stereocenters. The molecular weight excluding hydrogens is 378 g/mol. The number of carbonyl (C=O) groups excluding carboxylic acids is 1. The van der Waals surface area contributed by atoms with Gasteiger partial charge in [-0.25, -0.2) is 0 Å². The van der Waals surface area contributed by atoms with Crippen LogP contribution in [0.4, 0.5) is 5.69 Å². The number of rotatable bonds is 6. The number of hydrogen-bond donors (Lipinski definition) is 1. The number of sulfonamides is 1. The van der Waals surface area contributed by atoms with Crippen LogP contribution in [0.2, 0.25) is 0 Å². The maximum absolute atomic E-state index is 12.6. The molecule has 0 atom stereocenters. The summed E-state index contributed by atoms with van der Waals surface area (Å²) < 4.78 is 34.1. The zero-order chi connectivity index (χ0) is 20.3. The van der Waals surface area contributed by atoms with Crippen molar-refractivity contribution in [3.05, 3.63) is 53.6 Å². The molecule has 3 rings (SSSR count). The summed E-state index contributed by atoms with van der Waals surface area (Å²) in [5.41, 5.74) is 1.65. The van der Waals surface area contributed by atoms with Crippen LogP contribution in [0.5, 0.6) is 5.75 Å². The van der Waals surface area contributed by atoms with Gasteiger partial charge < -0.3 is 15.0 Å². The Morgan fingerprint density at radius 3 is 2.68 bits per heavy atom. The minimum atomic E-state index is -3.83. The Bertz CT molecular complexity index is 1030. The summed E-state index contributed by atoms with van der Waals surface area (Å²) in [5.74, 6) is 0.746. The van der Waals surface area contributed by atoms with E-state index in [4.69, 9.17) is 4.74 Å². The van der Waals surface area contributed by atoms with Crippen molar-refractivity contribution in [3.63, 3.8) is 0 Å². The first-order chi connectivity index (χ1) is 13.4. The maximum Gasteiger partial charge on any atom is 0.286 e. The number of benzene rings is 2. The molecule has 0 fully saturated rings. The van der Waals surface area contributed by atoms with Gasteiger partial charge in [0.25, 0.3) is 15.9 Å². The van der Waals surface area contributed by atoms with Crippen LogP contribution in [0.25, 0.3) is 0 Å². The second-order valence-corrected chi connectivity index (χ2v) is 8.01. The highest BCUT2D eigenvalue weighted by molar-refractivity contribution is 7.90. The van der Waals surface area contributed by atoms with Crippen LogP contribution in [0, 0.1) is 0 Å². The molecule has 1 aliphatic rings. The van der Waals surface area contributed by atoms with Crippen LogP contribution in [-0.2, 0) is 16.6 Å². The quantitative estimate of drug-likeness (QED) is 0.804. The van der Waals surface area contributed by atoms with E-state index < -0.39 is 10.0 Å². The molecule has 1 N–H and O–H groups in total. The largest absolute Gasteiger partial charge is 0.496 e. The fourth-order valence-electron chi connectivity index (χ4n) is 3.16. The molecule has 0 saturated heterocycles. The lowest BCUT2D eigenvalue weighted by atomic mass is 10.1. The summed E-state index contributed by atoms with van der Waals surface area (Å²) in [5, 5.41) is 2.81. The summed E-state index contributed by atoms with van der Waals surface area (Å²) in [6.07, 6.45) is 0.841. The number of methoxy groups -OCH3 is 1. The van der Waals surface area contributed by atoms with Gasteiger partial charge in [-0.3, -0.25) is 4.79 Å². The van der Waals surface area contributed by atoms with Gasteiger partial charge in [-0.2, -0.15) is 8.42 Å². The third-order valence-electron chi connectivity index (χ3n) is 4.51. The maximum atomic E-state index is 12.6. The van der Waals surface area contributed by atoms with Gasteiger partial charge in [-0.1, -0.05) is 25.1 Å². The Kier molecular flexibility index (Phi) is 5.69. The molecule has 148 valence electrons. The number of nitrogens with zero attached hydrogens (tertiary/aromatic N) is 2. The van der Waals surface area contributed by atoms with Crippen molar-refractivity contribution in [2.45, 2.75) is 31.7 Å². The van der Waals surface area contributed by atoms with Crippen molar-refractivity contribution < 1.29 is 17.9 Å². The fourth-order valence-corrected chi connectivity index (χ4v) is 4.43. The topological polar surface area (TPSA) is 88.1 Å². The number of carbonyl (C=O) groups is 1. The highest BCUT2D eigenvalue weighted by Crippen LogP contribution is 2.32. The minimum Gasteiger partial charge on any atom is -0.496 e. The first kappa shape index (κ1) is 19.9. The van der Waals surface area contributed by atoms with E-state index in [0.717, 1.165) is 12.0 Å². The average Bonchev–Trinajstić information content (AvgIpc) is 2.68. The minimum absolute atomic E-state index is 0.0523. The molecule has 0 spiro atoms. The zero-order valence-electron chi connectivity index (χ0n) is 16.1. The highest BCUT2D eigenvalue weighted by atomic mass is 32.2. The smallest absolute Gasteiger partial charge is 0.286 e. The predicted octanol–water partition coefficient (Wildman–Crippen LogP) is 2.96. The van der Waals surface area contributed by atoms with Crippen LogP contribution in [0.1, 0.15) is 36.2 Å². The lowest BCUT2D eigenvalue weighted by Gasteiger charge is -2.29. The van der Waals surface area contributed by atoms with Gasteiger partial charge in [0.2, 0.25) is 0 Å². The molecular formula is C20H23N3O4S. The number of nitrogens with one attached hydrogen (secondary N) is 1. The number of fused-ring (bicyclic) bond motifs is 1. The molecule has 7 nitrogen and oxygen atoms in total. The number of anilines is 1. The molecule has 2 aromatic carbocycles. The van der Waals surface area contributed by atoms with Gasteiger partial charge >= 0.3 is 0 Å². The average molecular weight is 401 g/mol. The number of para-hydroxylation sites is 1. The summed E-state index contributed by atoms with van der Waals surface area (Å²) >= 11 is 0. The molecule has 1 amide bonds. The Morgan fingerprint density at radius 1 is 1.21 bits per heavy atom. The van der Waals surface area contributed by atoms with E-state index in [0.29, 0.717) is 23.8 Å². The second kappa shape index (κ2) is 8.02. The van der Waals surface area contributed by atoms with E-state index in [2.05, 4.69) is 9.71 Å². The SMILES string of the molecule is CCCN1C(C)=NS(=O)(=O)c2cc(C(=O)NCc3ccccc3OC)ccc21. The van der Waals surface area contributed by atoms with Crippen molar-refractivity contribution in [2.24, 2.45) is 4.40 Å². The van der Waals surface area contributed by atoms with Crippen molar-refractivity contribution in [2.75, 3.05) is 18.6 Å². The standard InChI is InChI=1S/C20H23N3O4S/c1-4-11-23-14(2)22-28(25,26)19-12-15(9-10-17(19)23)20(24)21-13-16-7-5-6-8-18(16)27-3/h5-10,12H,4,11,13H2,1-3H3,(H,21,24). The van der Waals surface area contributed by atoms with Gasteiger partial charge in [0, 0.05) is 24.2 Å². The summed E-state index contributed by atoms with van der Waals surface area (Å²) in [7, 11) is -2.26. The van der Waals surface area contributed by atoms with Gasteiger partial charge in [-0.15, -0.1) is 4.40 Å². The molecule has 0 saturated carbocycles. The molecule has 1 aliphatic heterocycles. The van der Waals surface area contributed by atoms with Crippen molar-refractivity contribution in [3.8, 4) is 5.75 Å². The first-order valence-electron chi connectivity index (χ1n) is 9.00. The van der Waals surface area contributed by atoms with Crippen molar-refractivity contribution in [1.29, 1.82) is 0 Å². The third kappa shape index (κ3) is 3.87. The monoisotopic (exact) mass is 401 g/mol. The number of ether oxygens (including phenoxy) is 1. The van der Waals surface area contributed by atoms with E-state index in [9.17, 15) is 13.2 Å². The van der Waals surface area contributed by atoms with E-state index in [1.54, 1.807) is 26.2 Å². The molecule has 0 radical (unpaired) electrons. The van der Waals surface area contributed by atoms with Gasteiger partial charge in [0.1, 0.15) is 16.5 Å². The lowest BCUT2D eigenvalue weighted by molar-refractivity contribution is 0.0950. The van der Waals surface area contributed by atoms with Crippen LogP contribution in [-0.4, -0.2) is 33.8 Å². The van der Waals surface area contributed by atoms with Crippen molar-refractivity contribution >= 4 is 27.5 Å². The summed E-state index contributed by atoms with van der Waals surface area (Å²) in [6.45, 7) is 4.60. The second-order valence-electron chi connectivity index (χ2n) is 6.44. The Morgan fingerprint density at radius 2 is 1.96 bits per heavy atom. The normalized spacial score (nSPS) is 14.8. The number of amides is 1. The molecule has 0 aliphatic carbocycles. The Hall–Kier alpha value is -2.87. The molecule has 1 heterocycles. The molecule has 0 aromatic heterocycles. The third-order valence-corrected chi connectivity index (χ3v) is 5.90. The van der Waals surface area contributed by atoms with Gasteiger partial charge in [-0.05, 0) is 37.6 Å². The Balaban J connectivity index is 1.86. The van der Waals surface area contributed by atoms with E-state index in [1.165, 1.54) is 6.07 Å². The van der Waals surface area contributed by atoms with Gasteiger partial charge in [0.15, 0.2) is 0 Å². The highest BCUT2D eigenvalue weighted by Gasteiger charge is 2.29. The summed E-state index contributed by atoms with van der Waals surface area (Å²) in [6, 6.07) is 12.1. The molecule has 2 aromatic rings. The summed E-state index contributed by atoms with van der Waals surface area (Å²) in [4.78, 5) is 14.5. The Labute approximate surface area is 165 Å². The van der Waals surface area contributed by atoms with Crippen LogP contribution < -0.4 is 15.0 Å².